The third-order valence-electron chi connectivity index (χ3n) is 3.36. The SMILES string of the molecule is CC(=NNc1nc2c(s1)CCCC2)c1ccccc1.Cl. The Balaban J connectivity index is 0.00000147. The van der Waals surface area contributed by atoms with Gasteiger partial charge in [-0.25, -0.2) is 4.98 Å². The number of fused-ring (bicyclic) bond motifs is 1. The van der Waals surface area contributed by atoms with Crippen molar-refractivity contribution < 1.29 is 0 Å². The first-order valence-corrected chi connectivity index (χ1v) is 7.49. The molecule has 2 aromatic rings. The van der Waals surface area contributed by atoms with Crippen molar-refractivity contribution in [1.82, 2.24) is 4.98 Å². The molecule has 0 spiro atoms. The van der Waals surface area contributed by atoms with E-state index in [0.29, 0.717) is 0 Å². The van der Waals surface area contributed by atoms with Crippen molar-refractivity contribution in [1.29, 1.82) is 0 Å². The minimum atomic E-state index is 0. The van der Waals surface area contributed by atoms with E-state index < -0.39 is 0 Å². The molecule has 0 atom stereocenters. The number of thiazole rings is 1. The minimum absolute atomic E-state index is 0. The lowest BCUT2D eigenvalue weighted by Gasteiger charge is -2.06. The quantitative estimate of drug-likeness (QED) is 0.679. The Labute approximate surface area is 129 Å². The predicted molar refractivity (Wildman–Crippen MR) is 88.3 cm³/mol. The largest absolute Gasteiger partial charge is 0.252 e. The van der Waals surface area contributed by atoms with E-state index in [9.17, 15) is 0 Å². The van der Waals surface area contributed by atoms with Crippen molar-refractivity contribution in [3.63, 3.8) is 0 Å². The van der Waals surface area contributed by atoms with Gasteiger partial charge >= 0.3 is 0 Å². The molecule has 1 aliphatic rings. The molecule has 0 fully saturated rings. The zero-order valence-corrected chi connectivity index (χ0v) is 13.1. The number of hydrogen-bond donors (Lipinski definition) is 1. The molecular formula is C15H18ClN3S. The van der Waals surface area contributed by atoms with Crippen LogP contribution in [-0.4, -0.2) is 10.7 Å². The molecule has 0 unspecified atom stereocenters. The van der Waals surface area contributed by atoms with Crippen molar-refractivity contribution in [2.75, 3.05) is 5.43 Å². The second-order valence-corrected chi connectivity index (χ2v) is 5.85. The maximum absolute atomic E-state index is 4.62. The van der Waals surface area contributed by atoms with E-state index in [1.54, 1.807) is 11.3 Å². The van der Waals surface area contributed by atoms with Crippen LogP contribution in [0.2, 0.25) is 0 Å². The van der Waals surface area contributed by atoms with Crippen LogP contribution in [0.15, 0.2) is 35.4 Å². The van der Waals surface area contributed by atoms with Gasteiger partial charge in [-0.2, -0.15) is 5.10 Å². The van der Waals surface area contributed by atoms with Gasteiger partial charge < -0.3 is 0 Å². The Kier molecular flexibility index (Phi) is 5.15. The molecule has 0 saturated heterocycles. The van der Waals surface area contributed by atoms with Crippen molar-refractivity contribution in [3.8, 4) is 0 Å². The maximum Gasteiger partial charge on any atom is 0.203 e. The Hall–Kier alpha value is -1.39. The van der Waals surface area contributed by atoms with Crippen LogP contribution in [0.25, 0.3) is 0 Å². The van der Waals surface area contributed by atoms with Crippen molar-refractivity contribution in [2.24, 2.45) is 5.10 Å². The van der Waals surface area contributed by atoms with Crippen LogP contribution in [-0.2, 0) is 12.8 Å². The summed E-state index contributed by atoms with van der Waals surface area (Å²) in [6.07, 6.45) is 4.86. The van der Waals surface area contributed by atoms with E-state index in [1.165, 1.54) is 29.8 Å². The summed E-state index contributed by atoms with van der Waals surface area (Å²) in [5.74, 6) is 0. The van der Waals surface area contributed by atoms with Gasteiger partial charge in [-0.05, 0) is 38.2 Å². The highest BCUT2D eigenvalue weighted by Crippen LogP contribution is 2.29. The molecule has 0 bridgehead atoms. The standard InChI is InChI=1S/C15H17N3S.ClH/c1-11(12-7-3-2-4-8-12)17-18-15-16-13-9-5-6-10-14(13)19-15;/h2-4,7-8H,5-6,9-10H2,1H3,(H,16,18);1H. The Morgan fingerprint density at radius 2 is 1.95 bits per heavy atom. The summed E-state index contributed by atoms with van der Waals surface area (Å²) in [5.41, 5.74) is 6.48. The van der Waals surface area contributed by atoms with E-state index in [2.05, 4.69) is 27.6 Å². The predicted octanol–water partition coefficient (Wildman–Crippen LogP) is 4.28. The molecule has 5 heteroatoms. The fourth-order valence-electron chi connectivity index (χ4n) is 2.28. The third kappa shape index (κ3) is 3.38. The van der Waals surface area contributed by atoms with E-state index in [0.717, 1.165) is 22.8 Å². The molecule has 20 heavy (non-hydrogen) atoms. The molecule has 0 saturated carbocycles. The van der Waals surface area contributed by atoms with Crippen LogP contribution < -0.4 is 5.43 Å². The number of hydrazone groups is 1. The Morgan fingerprint density at radius 1 is 1.20 bits per heavy atom. The number of rotatable bonds is 3. The van der Waals surface area contributed by atoms with Gasteiger partial charge in [0.15, 0.2) is 0 Å². The number of hydrogen-bond acceptors (Lipinski definition) is 4. The molecule has 1 aromatic carbocycles. The van der Waals surface area contributed by atoms with Crippen LogP contribution in [0.5, 0.6) is 0 Å². The smallest absolute Gasteiger partial charge is 0.203 e. The van der Waals surface area contributed by atoms with Gasteiger partial charge in [0.2, 0.25) is 5.13 Å². The number of aryl methyl sites for hydroxylation is 2. The first-order valence-electron chi connectivity index (χ1n) is 6.67. The lowest BCUT2D eigenvalue weighted by atomic mass is 10.0. The maximum atomic E-state index is 4.62. The monoisotopic (exact) mass is 307 g/mol. The molecule has 1 heterocycles. The fourth-order valence-corrected chi connectivity index (χ4v) is 3.27. The van der Waals surface area contributed by atoms with Gasteiger partial charge in [-0.15, -0.1) is 23.7 Å². The van der Waals surface area contributed by atoms with Gasteiger partial charge in [0.1, 0.15) is 0 Å². The summed E-state index contributed by atoms with van der Waals surface area (Å²) in [5, 5.41) is 5.34. The van der Waals surface area contributed by atoms with Crippen LogP contribution in [0.1, 0.15) is 35.9 Å². The van der Waals surface area contributed by atoms with Crippen molar-refractivity contribution in [3.05, 3.63) is 46.5 Å². The molecule has 0 aliphatic heterocycles. The molecule has 106 valence electrons. The van der Waals surface area contributed by atoms with Crippen LogP contribution in [0, 0.1) is 0 Å². The van der Waals surface area contributed by atoms with Crippen molar-refractivity contribution in [2.45, 2.75) is 32.6 Å². The zero-order chi connectivity index (χ0) is 13.1. The summed E-state index contributed by atoms with van der Waals surface area (Å²) in [4.78, 5) is 6.05. The highest BCUT2D eigenvalue weighted by Gasteiger charge is 2.14. The fraction of sp³-hybridized carbons (Fsp3) is 0.333. The normalized spacial score (nSPS) is 14.3. The van der Waals surface area contributed by atoms with Crippen LogP contribution in [0.3, 0.4) is 0 Å². The molecule has 3 rings (SSSR count). The highest BCUT2D eigenvalue weighted by molar-refractivity contribution is 7.15. The molecule has 1 aromatic heterocycles. The zero-order valence-electron chi connectivity index (χ0n) is 11.4. The second-order valence-electron chi connectivity index (χ2n) is 4.77. The molecule has 1 aliphatic carbocycles. The number of benzene rings is 1. The van der Waals surface area contributed by atoms with E-state index in [-0.39, 0.29) is 12.4 Å². The van der Waals surface area contributed by atoms with Gasteiger partial charge in [0.05, 0.1) is 11.4 Å². The van der Waals surface area contributed by atoms with Crippen LogP contribution in [0.4, 0.5) is 5.13 Å². The van der Waals surface area contributed by atoms with Crippen LogP contribution >= 0.6 is 23.7 Å². The molecule has 0 radical (unpaired) electrons. The number of nitrogens with one attached hydrogen (secondary N) is 1. The summed E-state index contributed by atoms with van der Waals surface area (Å²) < 4.78 is 0. The molecule has 1 N–H and O–H groups in total. The summed E-state index contributed by atoms with van der Waals surface area (Å²) in [6.45, 7) is 2.01. The number of nitrogens with zero attached hydrogens (tertiary/aromatic N) is 2. The van der Waals surface area contributed by atoms with E-state index >= 15 is 0 Å². The Bertz CT molecular complexity index is 569. The molecular weight excluding hydrogens is 290 g/mol. The van der Waals surface area contributed by atoms with Gasteiger partial charge in [-0.3, -0.25) is 5.43 Å². The van der Waals surface area contributed by atoms with Gasteiger partial charge in [0, 0.05) is 4.88 Å². The molecule has 0 amide bonds. The molecule has 3 nitrogen and oxygen atoms in total. The number of anilines is 1. The first-order chi connectivity index (χ1) is 9.33. The lowest BCUT2D eigenvalue weighted by molar-refractivity contribution is 0.682. The summed E-state index contributed by atoms with van der Waals surface area (Å²) >= 11 is 1.74. The topological polar surface area (TPSA) is 37.3 Å². The highest BCUT2D eigenvalue weighted by atomic mass is 35.5. The second kappa shape index (κ2) is 6.86. The lowest BCUT2D eigenvalue weighted by Crippen LogP contribution is -2.00. The number of aromatic nitrogens is 1. The summed E-state index contributed by atoms with van der Waals surface area (Å²) in [7, 11) is 0. The number of halogens is 1. The summed E-state index contributed by atoms with van der Waals surface area (Å²) in [6, 6.07) is 10.2. The Morgan fingerprint density at radius 3 is 2.70 bits per heavy atom. The van der Waals surface area contributed by atoms with E-state index in [4.69, 9.17) is 0 Å². The van der Waals surface area contributed by atoms with Crippen molar-refractivity contribution >= 4 is 34.6 Å². The minimum Gasteiger partial charge on any atom is -0.252 e. The van der Waals surface area contributed by atoms with Gasteiger partial charge in [-0.1, -0.05) is 30.3 Å². The average molecular weight is 308 g/mol. The first kappa shape index (κ1) is 15.0. The average Bonchev–Trinajstić information content (AvgIpc) is 2.88. The van der Waals surface area contributed by atoms with E-state index in [1.807, 2.05) is 25.1 Å². The van der Waals surface area contributed by atoms with Gasteiger partial charge in [0.25, 0.3) is 0 Å². The third-order valence-corrected chi connectivity index (χ3v) is 4.42.